The zero-order valence-electron chi connectivity index (χ0n) is 17.6. The number of rotatable bonds is 7. The summed E-state index contributed by atoms with van der Waals surface area (Å²) in [5.41, 5.74) is 2.98. The van der Waals surface area contributed by atoms with Gasteiger partial charge in [-0.1, -0.05) is 24.3 Å². The third-order valence-electron chi connectivity index (χ3n) is 5.05. The lowest BCUT2D eigenvalue weighted by molar-refractivity contribution is -0.146. The number of ether oxygens (including phenoxy) is 1. The van der Waals surface area contributed by atoms with Crippen LogP contribution in [0.4, 0.5) is 14.6 Å². The van der Waals surface area contributed by atoms with Crippen LogP contribution in [-0.2, 0) is 27.3 Å². The van der Waals surface area contributed by atoms with E-state index in [1.807, 2.05) is 6.92 Å². The molecule has 0 aliphatic rings. The van der Waals surface area contributed by atoms with Crippen LogP contribution in [0.3, 0.4) is 0 Å². The molecular formula is C24H21F2N3O3. The molecule has 1 aromatic heterocycles. The Labute approximate surface area is 184 Å². The number of nitrogens with one attached hydrogen (secondary N) is 1. The van der Waals surface area contributed by atoms with Crippen molar-refractivity contribution in [1.29, 1.82) is 5.26 Å². The van der Waals surface area contributed by atoms with Crippen molar-refractivity contribution in [2.75, 3.05) is 11.9 Å². The van der Waals surface area contributed by atoms with Crippen LogP contribution in [0.15, 0.2) is 48.5 Å². The highest BCUT2D eigenvalue weighted by atomic mass is 19.1. The molecule has 32 heavy (non-hydrogen) atoms. The van der Waals surface area contributed by atoms with E-state index in [-0.39, 0.29) is 18.1 Å². The molecule has 2 aromatic carbocycles. The first-order valence-corrected chi connectivity index (χ1v) is 9.82. The van der Waals surface area contributed by atoms with E-state index in [0.29, 0.717) is 23.2 Å². The molecule has 0 saturated carbocycles. The third-order valence-corrected chi connectivity index (χ3v) is 5.05. The van der Waals surface area contributed by atoms with Gasteiger partial charge in [0.1, 0.15) is 23.5 Å². The Morgan fingerprint density at radius 3 is 2.44 bits per heavy atom. The minimum absolute atomic E-state index is 0.173. The van der Waals surface area contributed by atoms with Crippen molar-refractivity contribution in [1.82, 2.24) is 4.57 Å². The normalized spacial score (nSPS) is 10.5. The fraction of sp³-hybridized carbons (Fsp3) is 0.208. The number of hydrogen-bond donors (Lipinski definition) is 1. The molecule has 1 heterocycles. The number of halogens is 2. The Hall–Kier alpha value is -3.99. The zero-order chi connectivity index (χ0) is 23.3. The van der Waals surface area contributed by atoms with E-state index < -0.39 is 24.3 Å². The first-order valence-electron chi connectivity index (χ1n) is 9.82. The average Bonchev–Trinajstić information content (AvgIpc) is 2.97. The summed E-state index contributed by atoms with van der Waals surface area (Å²) < 4.78 is 33.2. The number of benzene rings is 2. The molecule has 0 spiro atoms. The number of carbonyl (C=O) groups is 2. The van der Waals surface area contributed by atoms with Crippen molar-refractivity contribution in [2.24, 2.45) is 0 Å². The minimum Gasteiger partial charge on any atom is -0.455 e. The number of carbonyl (C=O) groups excluding carboxylic acids is 2. The highest BCUT2D eigenvalue weighted by Gasteiger charge is 2.20. The third kappa shape index (κ3) is 5.38. The van der Waals surface area contributed by atoms with Crippen LogP contribution >= 0.6 is 0 Å². The van der Waals surface area contributed by atoms with Gasteiger partial charge < -0.3 is 14.6 Å². The molecule has 0 fully saturated rings. The van der Waals surface area contributed by atoms with Crippen LogP contribution in [0.1, 0.15) is 27.9 Å². The Bertz CT molecular complexity index is 1190. The van der Waals surface area contributed by atoms with Crippen molar-refractivity contribution in [3.63, 3.8) is 0 Å². The first kappa shape index (κ1) is 22.7. The molecule has 0 unspecified atom stereocenters. The summed E-state index contributed by atoms with van der Waals surface area (Å²) in [6, 6.07) is 13.5. The highest BCUT2D eigenvalue weighted by molar-refractivity contribution is 5.93. The predicted molar refractivity (Wildman–Crippen MR) is 114 cm³/mol. The van der Waals surface area contributed by atoms with E-state index in [1.54, 1.807) is 29.7 Å². The fourth-order valence-electron chi connectivity index (χ4n) is 3.28. The van der Waals surface area contributed by atoms with Gasteiger partial charge in [-0.2, -0.15) is 5.26 Å². The zero-order valence-corrected chi connectivity index (χ0v) is 17.6. The van der Waals surface area contributed by atoms with Gasteiger partial charge in [0.25, 0.3) is 5.91 Å². The van der Waals surface area contributed by atoms with Crippen LogP contribution in [0, 0.1) is 36.8 Å². The van der Waals surface area contributed by atoms with Crippen LogP contribution in [0.25, 0.3) is 0 Å². The Kier molecular flexibility index (Phi) is 7.00. The molecular weight excluding hydrogens is 416 g/mol. The van der Waals surface area contributed by atoms with Crippen LogP contribution in [0.2, 0.25) is 0 Å². The van der Waals surface area contributed by atoms with E-state index in [2.05, 4.69) is 11.4 Å². The Morgan fingerprint density at radius 1 is 1.06 bits per heavy atom. The monoisotopic (exact) mass is 437 g/mol. The molecule has 0 aliphatic heterocycles. The van der Waals surface area contributed by atoms with E-state index in [0.717, 1.165) is 11.3 Å². The molecule has 3 aromatic rings. The molecule has 1 N–H and O–H groups in total. The summed E-state index contributed by atoms with van der Waals surface area (Å²) in [4.78, 5) is 24.4. The summed E-state index contributed by atoms with van der Waals surface area (Å²) in [5, 5.41) is 12.2. The van der Waals surface area contributed by atoms with Gasteiger partial charge in [-0.15, -0.1) is 0 Å². The summed E-state index contributed by atoms with van der Waals surface area (Å²) >= 11 is 0. The SMILES string of the molecule is Cc1c(C#N)c(NC(=O)COC(=O)Cc2cccc(F)c2)n(Cc2ccc(F)cc2)c1C. The second-order valence-electron chi connectivity index (χ2n) is 7.27. The quantitative estimate of drug-likeness (QED) is 0.566. The predicted octanol–water partition coefficient (Wildman–Crippen LogP) is 4.03. The molecule has 0 bridgehead atoms. The highest BCUT2D eigenvalue weighted by Crippen LogP contribution is 2.27. The van der Waals surface area contributed by atoms with Crippen molar-refractivity contribution in [3.05, 3.63) is 88.1 Å². The van der Waals surface area contributed by atoms with E-state index in [1.165, 1.54) is 30.3 Å². The van der Waals surface area contributed by atoms with Crippen molar-refractivity contribution < 1.29 is 23.1 Å². The van der Waals surface area contributed by atoms with Gasteiger partial charge >= 0.3 is 5.97 Å². The van der Waals surface area contributed by atoms with Crippen LogP contribution in [0.5, 0.6) is 0 Å². The van der Waals surface area contributed by atoms with Gasteiger partial charge in [-0.05, 0) is 54.8 Å². The lowest BCUT2D eigenvalue weighted by Crippen LogP contribution is -2.23. The summed E-state index contributed by atoms with van der Waals surface area (Å²) in [6.07, 6.45) is -0.173. The van der Waals surface area contributed by atoms with Crippen molar-refractivity contribution in [3.8, 4) is 6.07 Å². The van der Waals surface area contributed by atoms with Gasteiger partial charge in [0, 0.05) is 12.2 Å². The second kappa shape index (κ2) is 9.88. The van der Waals surface area contributed by atoms with Crippen LogP contribution < -0.4 is 5.32 Å². The largest absolute Gasteiger partial charge is 0.455 e. The standard InChI is InChI=1S/C24H21F2N3O3/c1-15-16(2)29(13-17-6-8-19(25)9-7-17)24(21(15)12-27)28-22(30)14-32-23(31)11-18-4-3-5-20(26)10-18/h3-10H,11,13-14H2,1-2H3,(H,28,30). The number of nitriles is 1. The van der Waals surface area contributed by atoms with Crippen molar-refractivity contribution in [2.45, 2.75) is 26.8 Å². The molecule has 0 atom stereocenters. The van der Waals surface area contributed by atoms with Gasteiger partial charge in [-0.25, -0.2) is 8.78 Å². The van der Waals surface area contributed by atoms with Gasteiger partial charge in [0.2, 0.25) is 0 Å². The molecule has 1 amide bonds. The fourth-order valence-corrected chi connectivity index (χ4v) is 3.28. The van der Waals surface area contributed by atoms with E-state index in [9.17, 15) is 23.6 Å². The molecule has 164 valence electrons. The number of hydrogen-bond acceptors (Lipinski definition) is 4. The summed E-state index contributed by atoms with van der Waals surface area (Å²) in [5.74, 6) is -1.85. The first-order chi connectivity index (χ1) is 15.3. The lowest BCUT2D eigenvalue weighted by Gasteiger charge is -2.13. The molecule has 0 radical (unpaired) electrons. The Morgan fingerprint density at radius 2 is 1.78 bits per heavy atom. The maximum atomic E-state index is 13.2. The van der Waals surface area contributed by atoms with Crippen LogP contribution in [-0.4, -0.2) is 23.1 Å². The lowest BCUT2D eigenvalue weighted by atomic mass is 10.1. The molecule has 0 aliphatic carbocycles. The van der Waals surface area contributed by atoms with Crippen molar-refractivity contribution >= 4 is 17.7 Å². The van der Waals surface area contributed by atoms with E-state index >= 15 is 0 Å². The number of nitrogens with zero attached hydrogens (tertiary/aromatic N) is 2. The maximum Gasteiger partial charge on any atom is 0.310 e. The molecule has 8 heteroatoms. The molecule has 3 rings (SSSR count). The van der Waals surface area contributed by atoms with Gasteiger partial charge in [0.15, 0.2) is 6.61 Å². The summed E-state index contributed by atoms with van der Waals surface area (Å²) in [7, 11) is 0. The van der Waals surface area contributed by atoms with Gasteiger partial charge in [-0.3, -0.25) is 9.59 Å². The Balaban J connectivity index is 1.70. The van der Waals surface area contributed by atoms with E-state index in [4.69, 9.17) is 4.74 Å². The summed E-state index contributed by atoms with van der Waals surface area (Å²) in [6.45, 7) is 3.33. The number of aromatic nitrogens is 1. The second-order valence-corrected chi connectivity index (χ2v) is 7.27. The molecule has 0 saturated heterocycles. The topological polar surface area (TPSA) is 84.1 Å². The van der Waals surface area contributed by atoms with Gasteiger partial charge in [0.05, 0.1) is 12.0 Å². The smallest absolute Gasteiger partial charge is 0.310 e. The number of esters is 1. The number of amides is 1. The molecule has 6 nitrogen and oxygen atoms in total. The number of anilines is 1. The minimum atomic E-state index is -0.680. The maximum absolute atomic E-state index is 13.2. The average molecular weight is 437 g/mol.